The third-order valence-electron chi connectivity index (χ3n) is 5.45. The molecule has 2 amide bonds. The number of halogens is 3. The van der Waals surface area contributed by atoms with Crippen molar-refractivity contribution in [1.29, 1.82) is 0 Å². The number of anilines is 3. The van der Waals surface area contributed by atoms with Crippen LogP contribution in [0.15, 0.2) is 36.4 Å². The molecule has 9 heteroatoms. The zero-order valence-electron chi connectivity index (χ0n) is 15.7. The van der Waals surface area contributed by atoms with Crippen LogP contribution in [-0.4, -0.2) is 29.4 Å². The fraction of sp³-hybridized carbons (Fsp3) is 0.350. The van der Waals surface area contributed by atoms with E-state index in [1.807, 2.05) is 12.1 Å². The smallest absolute Gasteiger partial charge is 0.383 e. The van der Waals surface area contributed by atoms with Crippen LogP contribution in [0.1, 0.15) is 18.2 Å². The van der Waals surface area contributed by atoms with Crippen molar-refractivity contribution in [3.63, 3.8) is 0 Å². The van der Waals surface area contributed by atoms with E-state index < -0.39 is 41.4 Å². The Morgan fingerprint density at radius 3 is 2.52 bits per heavy atom. The minimum Gasteiger partial charge on any atom is -0.383 e. The molecular weight excluding hydrogens is 385 g/mol. The highest BCUT2D eigenvalue weighted by atomic mass is 19.4. The molecule has 0 saturated carbocycles. The Morgan fingerprint density at radius 1 is 1.14 bits per heavy atom. The number of hydrogen-bond donors (Lipinski definition) is 2. The number of benzene rings is 1. The fourth-order valence-corrected chi connectivity index (χ4v) is 3.98. The molecule has 3 unspecified atom stereocenters. The zero-order valence-corrected chi connectivity index (χ0v) is 15.7. The van der Waals surface area contributed by atoms with Crippen molar-refractivity contribution in [2.75, 3.05) is 22.1 Å². The van der Waals surface area contributed by atoms with Crippen molar-refractivity contribution in [3.8, 4) is 0 Å². The van der Waals surface area contributed by atoms with E-state index in [4.69, 9.17) is 0 Å². The van der Waals surface area contributed by atoms with Gasteiger partial charge in [-0.15, -0.1) is 0 Å². The van der Waals surface area contributed by atoms with E-state index in [1.54, 1.807) is 19.1 Å². The first kappa shape index (κ1) is 19.2. The standard InChI is InChI=1S/C20H19F3N4O2/c1-10-7-12(20(21,22)23)8-16(25-10)27-17-13(11(2)19(27)29)9-24-14-5-3-4-6-15(14)26-18(17)28/h3-8,11,13,17,24H,9H2,1-2H3,(H,26,28). The SMILES string of the molecule is Cc1cc(C(F)(F)F)cc(N2C(=O)C(C)C3CNc4ccccc4NC(=O)C32)n1. The number of para-hydroxylation sites is 2. The van der Waals surface area contributed by atoms with Crippen LogP contribution in [-0.2, 0) is 15.8 Å². The van der Waals surface area contributed by atoms with Gasteiger partial charge in [0.1, 0.15) is 11.9 Å². The van der Waals surface area contributed by atoms with Crippen LogP contribution in [0, 0.1) is 18.8 Å². The summed E-state index contributed by atoms with van der Waals surface area (Å²) in [5, 5.41) is 6.02. The number of fused-ring (bicyclic) bond motifs is 2. The molecule has 0 spiro atoms. The molecule has 1 fully saturated rings. The lowest BCUT2D eigenvalue weighted by Crippen LogP contribution is -2.47. The molecule has 2 aromatic rings. The first-order chi connectivity index (χ1) is 13.7. The van der Waals surface area contributed by atoms with Gasteiger partial charge in [0, 0.05) is 24.1 Å². The fourth-order valence-electron chi connectivity index (χ4n) is 3.98. The van der Waals surface area contributed by atoms with E-state index in [9.17, 15) is 22.8 Å². The first-order valence-corrected chi connectivity index (χ1v) is 9.19. The van der Waals surface area contributed by atoms with Crippen molar-refractivity contribution in [1.82, 2.24) is 4.98 Å². The van der Waals surface area contributed by atoms with Gasteiger partial charge in [-0.1, -0.05) is 19.1 Å². The second kappa shape index (κ2) is 6.75. The minimum absolute atomic E-state index is 0.119. The van der Waals surface area contributed by atoms with Gasteiger partial charge in [-0.3, -0.25) is 14.5 Å². The van der Waals surface area contributed by atoms with Crippen LogP contribution in [0.5, 0.6) is 0 Å². The van der Waals surface area contributed by atoms with Gasteiger partial charge in [-0.2, -0.15) is 13.2 Å². The molecule has 3 heterocycles. The van der Waals surface area contributed by atoms with Gasteiger partial charge < -0.3 is 10.6 Å². The highest BCUT2D eigenvalue weighted by molar-refractivity contribution is 6.09. The normalized spacial score (nSPS) is 24.2. The van der Waals surface area contributed by atoms with Gasteiger partial charge in [0.25, 0.3) is 0 Å². The number of nitrogens with one attached hydrogen (secondary N) is 2. The minimum atomic E-state index is -4.58. The third-order valence-corrected chi connectivity index (χ3v) is 5.45. The molecule has 6 nitrogen and oxygen atoms in total. The lowest BCUT2D eigenvalue weighted by molar-refractivity contribution is -0.137. The number of carbonyl (C=O) groups is 2. The maximum absolute atomic E-state index is 13.3. The van der Waals surface area contributed by atoms with Gasteiger partial charge in [-0.25, -0.2) is 4.98 Å². The topological polar surface area (TPSA) is 74.3 Å². The summed E-state index contributed by atoms with van der Waals surface area (Å²) in [4.78, 5) is 31.3. The van der Waals surface area contributed by atoms with Crippen LogP contribution < -0.4 is 15.5 Å². The summed E-state index contributed by atoms with van der Waals surface area (Å²) in [6, 6.07) is 7.90. The number of pyridine rings is 1. The van der Waals surface area contributed by atoms with E-state index in [-0.39, 0.29) is 11.5 Å². The Bertz CT molecular complexity index is 992. The number of nitrogens with zero attached hydrogens (tertiary/aromatic N) is 2. The van der Waals surface area contributed by atoms with Gasteiger partial charge in [0.15, 0.2) is 0 Å². The number of aryl methyl sites for hydroxylation is 1. The molecule has 29 heavy (non-hydrogen) atoms. The summed E-state index contributed by atoms with van der Waals surface area (Å²) >= 11 is 0. The van der Waals surface area contributed by atoms with Crippen molar-refractivity contribution < 1.29 is 22.8 Å². The monoisotopic (exact) mass is 404 g/mol. The van der Waals surface area contributed by atoms with E-state index in [0.29, 0.717) is 12.2 Å². The van der Waals surface area contributed by atoms with Crippen LogP contribution in [0.2, 0.25) is 0 Å². The van der Waals surface area contributed by atoms with Crippen LogP contribution >= 0.6 is 0 Å². The quantitative estimate of drug-likeness (QED) is 0.764. The van der Waals surface area contributed by atoms with Gasteiger partial charge in [-0.05, 0) is 31.2 Å². The Morgan fingerprint density at radius 2 is 1.83 bits per heavy atom. The predicted octanol–water partition coefficient (Wildman–Crippen LogP) is 3.44. The maximum atomic E-state index is 13.3. The number of rotatable bonds is 1. The van der Waals surface area contributed by atoms with Gasteiger partial charge >= 0.3 is 6.18 Å². The molecule has 1 saturated heterocycles. The lowest BCUT2D eigenvalue weighted by atomic mass is 9.90. The summed E-state index contributed by atoms with van der Waals surface area (Å²) in [5.41, 5.74) is 0.494. The molecule has 0 radical (unpaired) electrons. The van der Waals surface area contributed by atoms with Crippen LogP contribution in [0.25, 0.3) is 0 Å². The Labute approximate surface area is 165 Å². The number of carbonyl (C=O) groups excluding carboxylic acids is 2. The number of alkyl halides is 3. The molecule has 1 aromatic carbocycles. The summed E-state index contributed by atoms with van der Waals surface area (Å²) < 4.78 is 39.8. The number of amides is 2. The summed E-state index contributed by atoms with van der Waals surface area (Å²) in [5.74, 6) is -2.01. The first-order valence-electron chi connectivity index (χ1n) is 9.19. The third kappa shape index (κ3) is 3.30. The summed E-state index contributed by atoms with van der Waals surface area (Å²) in [6.45, 7) is 3.44. The molecule has 2 aliphatic heterocycles. The number of aromatic nitrogens is 1. The second-order valence-corrected chi connectivity index (χ2v) is 7.37. The van der Waals surface area contributed by atoms with Crippen molar-refractivity contribution in [2.45, 2.75) is 26.1 Å². The molecule has 1 aromatic heterocycles. The van der Waals surface area contributed by atoms with E-state index in [0.717, 1.165) is 22.7 Å². The largest absolute Gasteiger partial charge is 0.416 e. The van der Waals surface area contributed by atoms with Crippen molar-refractivity contribution in [3.05, 3.63) is 47.7 Å². The average Bonchev–Trinajstić information content (AvgIpc) is 2.89. The zero-order chi connectivity index (χ0) is 20.9. The molecule has 0 aliphatic carbocycles. The number of hydrogen-bond acceptors (Lipinski definition) is 4. The lowest BCUT2D eigenvalue weighted by Gasteiger charge is -2.30. The highest BCUT2D eigenvalue weighted by Gasteiger charge is 2.51. The average molecular weight is 404 g/mol. The second-order valence-electron chi connectivity index (χ2n) is 7.37. The molecule has 0 bridgehead atoms. The van der Waals surface area contributed by atoms with Crippen LogP contribution in [0.4, 0.5) is 30.4 Å². The summed E-state index contributed by atoms with van der Waals surface area (Å²) in [6.07, 6.45) is -4.58. The molecule has 4 rings (SSSR count). The molecule has 3 atom stereocenters. The van der Waals surface area contributed by atoms with E-state index in [2.05, 4.69) is 15.6 Å². The Kier molecular flexibility index (Phi) is 4.48. The van der Waals surface area contributed by atoms with E-state index >= 15 is 0 Å². The molecule has 2 aliphatic rings. The molecule has 2 N–H and O–H groups in total. The Balaban J connectivity index is 1.79. The molecular formula is C20H19F3N4O2. The van der Waals surface area contributed by atoms with Crippen molar-refractivity contribution in [2.24, 2.45) is 11.8 Å². The molecule has 152 valence electrons. The summed E-state index contributed by atoms with van der Waals surface area (Å²) in [7, 11) is 0. The highest BCUT2D eigenvalue weighted by Crippen LogP contribution is 2.39. The Hall–Kier alpha value is -3.10. The van der Waals surface area contributed by atoms with Gasteiger partial charge in [0.05, 0.1) is 16.9 Å². The maximum Gasteiger partial charge on any atom is 0.416 e. The van der Waals surface area contributed by atoms with Gasteiger partial charge in [0.2, 0.25) is 11.8 Å². The van der Waals surface area contributed by atoms with Crippen LogP contribution in [0.3, 0.4) is 0 Å². The predicted molar refractivity (Wildman–Crippen MR) is 101 cm³/mol. The van der Waals surface area contributed by atoms with Crippen molar-refractivity contribution >= 4 is 29.0 Å². The van der Waals surface area contributed by atoms with E-state index in [1.165, 1.54) is 6.92 Å².